The lowest BCUT2D eigenvalue weighted by Gasteiger charge is -2.26. The first-order valence-corrected chi connectivity index (χ1v) is 25.9. The maximum atomic E-state index is 7.11. The maximum absolute atomic E-state index is 7.11. The first-order chi connectivity index (χ1) is 26.3. The van der Waals surface area contributed by atoms with E-state index in [1.54, 1.807) is 0 Å². The van der Waals surface area contributed by atoms with E-state index in [1.165, 1.54) is 295 Å². The molecule has 0 aliphatic heterocycles. The van der Waals surface area contributed by atoms with Crippen LogP contribution in [0.2, 0.25) is 0 Å². The van der Waals surface area contributed by atoms with Crippen LogP contribution in [0, 0.1) is 0 Å². The SMILES string of the molecule is CCCCCCCCCCCCCCCCCCC(CCCCCCC)OC(CCCCCCC)CCCCCCCCCCCCCCCCCC. The summed E-state index contributed by atoms with van der Waals surface area (Å²) in [6, 6.07) is 0. The van der Waals surface area contributed by atoms with Crippen LogP contribution in [-0.2, 0) is 4.74 Å². The molecule has 0 aliphatic rings. The summed E-state index contributed by atoms with van der Waals surface area (Å²) in [5, 5.41) is 0. The van der Waals surface area contributed by atoms with Gasteiger partial charge in [0.05, 0.1) is 12.2 Å². The average Bonchev–Trinajstić information content (AvgIpc) is 3.17. The third kappa shape index (κ3) is 44.5. The molecule has 2 atom stereocenters. The van der Waals surface area contributed by atoms with Crippen LogP contribution in [0.5, 0.6) is 0 Å². The summed E-state index contributed by atoms with van der Waals surface area (Å²) >= 11 is 0. The van der Waals surface area contributed by atoms with Crippen LogP contribution < -0.4 is 0 Å². The van der Waals surface area contributed by atoms with E-state index in [9.17, 15) is 0 Å². The zero-order chi connectivity index (χ0) is 38.4. The predicted molar refractivity (Wildman–Crippen MR) is 244 cm³/mol. The largest absolute Gasteiger partial charge is 0.375 e. The third-order valence-electron chi connectivity index (χ3n) is 12.4. The van der Waals surface area contributed by atoms with Gasteiger partial charge in [-0.05, 0) is 25.7 Å². The highest BCUT2D eigenvalue weighted by Gasteiger charge is 2.17. The molecule has 1 heteroatoms. The maximum Gasteiger partial charge on any atom is 0.0578 e. The Balaban J connectivity index is 4.31. The second kappa shape index (κ2) is 48.1. The van der Waals surface area contributed by atoms with Crippen molar-refractivity contribution in [2.24, 2.45) is 0 Å². The number of unbranched alkanes of at least 4 members (excludes halogenated alkanes) is 38. The van der Waals surface area contributed by atoms with Crippen molar-refractivity contribution in [3.05, 3.63) is 0 Å². The first kappa shape index (κ1) is 53.0. The summed E-state index contributed by atoms with van der Waals surface area (Å²) in [6.45, 7) is 9.31. The second-order valence-electron chi connectivity index (χ2n) is 18.0. The molecule has 0 saturated carbocycles. The van der Waals surface area contributed by atoms with Gasteiger partial charge in [0, 0.05) is 0 Å². The van der Waals surface area contributed by atoms with Crippen molar-refractivity contribution in [2.45, 2.75) is 335 Å². The van der Waals surface area contributed by atoms with Crippen LogP contribution in [0.25, 0.3) is 0 Å². The van der Waals surface area contributed by atoms with Gasteiger partial charge in [-0.15, -0.1) is 0 Å². The fourth-order valence-electron chi connectivity index (χ4n) is 8.62. The second-order valence-corrected chi connectivity index (χ2v) is 18.0. The fourth-order valence-corrected chi connectivity index (χ4v) is 8.62. The summed E-state index contributed by atoms with van der Waals surface area (Å²) < 4.78 is 7.11. The molecule has 0 saturated heterocycles. The molecule has 0 radical (unpaired) electrons. The lowest BCUT2D eigenvalue weighted by molar-refractivity contribution is -0.0324. The Labute approximate surface area is 338 Å². The number of hydrogen-bond acceptors (Lipinski definition) is 1. The lowest BCUT2D eigenvalue weighted by Crippen LogP contribution is -2.23. The number of ether oxygens (including phenoxy) is 1. The Morgan fingerprint density at radius 3 is 0.472 bits per heavy atom. The summed E-state index contributed by atoms with van der Waals surface area (Å²) in [7, 11) is 0. The van der Waals surface area contributed by atoms with Crippen LogP contribution in [0.4, 0.5) is 0 Å². The van der Waals surface area contributed by atoms with E-state index in [1.807, 2.05) is 0 Å². The van der Waals surface area contributed by atoms with E-state index in [4.69, 9.17) is 4.74 Å². The van der Waals surface area contributed by atoms with Gasteiger partial charge in [0.1, 0.15) is 0 Å². The smallest absolute Gasteiger partial charge is 0.0578 e. The molecular formula is C52H106O. The minimum atomic E-state index is 0.518. The van der Waals surface area contributed by atoms with E-state index in [0.29, 0.717) is 12.2 Å². The van der Waals surface area contributed by atoms with Gasteiger partial charge in [-0.3, -0.25) is 0 Å². The molecule has 0 amide bonds. The monoisotopic (exact) mass is 747 g/mol. The molecule has 0 rings (SSSR count). The lowest BCUT2D eigenvalue weighted by atomic mass is 9.99. The molecule has 0 fully saturated rings. The minimum Gasteiger partial charge on any atom is -0.375 e. The highest BCUT2D eigenvalue weighted by molar-refractivity contribution is 4.67. The van der Waals surface area contributed by atoms with Crippen molar-refractivity contribution in [3.63, 3.8) is 0 Å². The van der Waals surface area contributed by atoms with Gasteiger partial charge >= 0.3 is 0 Å². The summed E-state index contributed by atoms with van der Waals surface area (Å²) in [4.78, 5) is 0. The van der Waals surface area contributed by atoms with Gasteiger partial charge in [-0.1, -0.05) is 297 Å². The van der Waals surface area contributed by atoms with Crippen molar-refractivity contribution in [1.29, 1.82) is 0 Å². The molecular weight excluding hydrogens is 641 g/mol. The Morgan fingerprint density at radius 2 is 0.321 bits per heavy atom. The average molecular weight is 747 g/mol. The van der Waals surface area contributed by atoms with Crippen LogP contribution >= 0.6 is 0 Å². The van der Waals surface area contributed by atoms with Crippen LogP contribution in [0.1, 0.15) is 323 Å². The molecule has 0 aromatic carbocycles. The predicted octanol–water partition coefficient (Wildman–Crippen LogP) is 19.8. The van der Waals surface area contributed by atoms with Crippen LogP contribution in [0.3, 0.4) is 0 Å². The Hall–Kier alpha value is -0.0400. The van der Waals surface area contributed by atoms with E-state index < -0.39 is 0 Å². The highest BCUT2D eigenvalue weighted by Crippen LogP contribution is 2.24. The van der Waals surface area contributed by atoms with Gasteiger partial charge < -0.3 is 4.74 Å². The molecule has 0 aliphatic carbocycles. The molecule has 53 heavy (non-hydrogen) atoms. The Morgan fingerprint density at radius 1 is 0.189 bits per heavy atom. The van der Waals surface area contributed by atoms with Crippen molar-refractivity contribution in [3.8, 4) is 0 Å². The summed E-state index contributed by atoms with van der Waals surface area (Å²) in [5.41, 5.74) is 0. The fraction of sp³-hybridized carbons (Fsp3) is 1.00. The molecule has 1 nitrogen and oxygen atoms in total. The van der Waals surface area contributed by atoms with Crippen molar-refractivity contribution >= 4 is 0 Å². The van der Waals surface area contributed by atoms with E-state index in [-0.39, 0.29) is 0 Å². The minimum absolute atomic E-state index is 0.518. The standard InChI is InChI=1S/C52H106O/c1-5-9-13-17-19-21-23-25-27-29-31-33-35-37-41-45-49-51(47-43-39-15-11-7-3)53-52(48-44-40-16-12-8-4)50-46-42-38-36-34-32-30-28-26-24-22-20-18-14-10-6-2/h51-52H,5-50H2,1-4H3. The van der Waals surface area contributed by atoms with Crippen LogP contribution in [0.15, 0.2) is 0 Å². The zero-order valence-corrected chi connectivity index (χ0v) is 38.1. The molecule has 320 valence electrons. The van der Waals surface area contributed by atoms with Gasteiger partial charge in [-0.25, -0.2) is 0 Å². The van der Waals surface area contributed by atoms with Gasteiger partial charge in [0.15, 0.2) is 0 Å². The first-order valence-electron chi connectivity index (χ1n) is 25.9. The highest BCUT2D eigenvalue weighted by atomic mass is 16.5. The van der Waals surface area contributed by atoms with Gasteiger partial charge in [-0.2, -0.15) is 0 Å². The van der Waals surface area contributed by atoms with E-state index in [0.717, 1.165) is 0 Å². The molecule has 0 heterocycles. The van der Waals surface area contributed by atoms with Crippen molar-refractivity contribution in [2.75, 3.05) is 0 Å². The Kier molecular flexibility index (Phi) is 48.1. The third-order valence-corrected chi connectivity index (χ3v) is 12.4. The normalized spacial score (nSPS) is 12.9. The molecule has 2 unspecified atom stereocenters. The van der Waals surface area contributed by atoms with E-state index >= 15 is 0 Å². The number of rotatable bonds is 48. The molecule has 0 spiro atoms. The Bertz CT molecular complexity index is 562. The summed E-state index contributed by atoms with van der Waals surface area (Å²) in [6.07, 6.45) is 66.7. The van der Waals surface area contributed by atoms with Crippen molar-refractivity contribution in [1.82, 2.24) is 0 Å². The van der Waals surface area contributed by atoms with Crippen molar-refractivity contribution < 1.29 is 4.74 Å². The zero-order valence-electron chi connectivity index (χ0n) is 38.1. The number of hydrogen-bond donors (Lipinski definition) is 0. The summed E-state index contributed by atoms with van der Waals surface area (Å²) in [5.74, 6) is 0. The molecule has 0 N–H and O–H groups in total. The van der Waals surface area contributed by atoms with Gasteiger partial charge in [0.25, 0.3) is 0 Å². The quantitative estimate of drug-likeness (QED) is 0.0563. The molecule has 0 aromatic heterocycles. The van der Waals surface area contributed by atoms with Crippen LogP contribution in [-0.4, -0.2) is 12.2 Å². The molecule has 0 aromatic rings. The topological polar surface area (TPSA) is 9.23 Å². The van der Waals surface area contributed by atoms with E-state index in [2.05, 4.69) is 27.7 Å². The molecule has 0 bridgehead atoms. The van der Waals surface area contributed by atoms with Gasteiger partial charge in [0.2, 0.25) is 0 Å².